The van der Waals surface area contributed by atoms with Gasteiger partial charge in [0, 0.05) is 6.54 Å². The smallest absolute Gasteiger partial charge is 0.197 e. The van der Waals surface area contributed by atoms with Gasteiger partial charge in [-0.1, -0.05) is 0 Å². The standard InChI is InChI=1S/C13H23N3O2S/c1-8(2)18-11-12(14)16-19-13(11)15-7-9-3-5-10(17)6-4-9/h8-10,15,17H,3-7H2,1-2H3,(H2,14,16). The fourth-order valence-corrected chi connectivity index (χ4v) is 3.00. The summed E-state index contributed by atoms with van der Waals surface area (Å²) >= 11 is 1.35. The average molecular weight is 285 g/mol. The first-order valence-corrected chi connectivity index (χ1v) is 7.67. The van der Waals surface area contributed by atoms with Gasteiger partial charge in [0.1, 0.15) is 0 Å². The molecule has 4 N–H and O–H groups in total. The van der Waals surface area contributed by atoms with Gasteiger partial charge in [0.05, 0.1) is 12.2 Å². The monoisotopic (exact) mass is 285 g/mol. The summed E-state index contributed by atoms with van der Waals surface area (Å²) in [6.07, 6.45) is 3.95. The number of rotatable bonds is 5. The zero-order chi connectivity index (χ0) is 13.8. The Morgan fingerprint density at radius 2 is 2.11 bits per heavy atom. The van der Waals surface area contributed by atoms with Crippen molar-refractivity contribution in [2.24, 2.45) is 5.92 Å². The molecule has 5 nitrogen and oxygen atoms in total. The number of aromatic nitrogens is 1. The Bertz CT molecular complexity index is 401. The third kappa shape index (κ3) is 3.98. The van der Waals surface area contributed by atoms with Crippen molar-refractivity contribution in [1.82, 2.24) is 4.37 Å². The van der Waals surface area contributed by atoms with Gasteiger partial charge < -0.3 is 20.9 Å². The van der Waals surface area contributed by atoms with E-state index >= 15 is 0 Å². The van der Waals surface area contributed by atoms with Crippen molar-refractivity contribution in [3.63, 3.8) is 0 Å². The van der Waals surface area contributed by atoms with E-state index in [0.717, 1.165) is 37.2 Å². The average Bonchev–Trinajstić information content (AvgIpc) is 2.70. The van der Waals surface area contributed by atoms with Crippen LogP contribution in [0.4, 0.5) is 10.8 Å². The summed E-state index contributed by atoms with van der Waals surface area (Å²) in [5.41, 5.74) is 5.82. The second-order valence-electron chi connectivity index (χ2n) is 5.45. The van der Waals surface area contributed by atoms with E-state index < -0.39 is 0 Å². The van der Waals surface area contributed by atoms with Crippen molar-refractivity contribution in [2.75, 3.05) is 17.6 Å². The molecular weight excluding hydrogens is 262 g/mol. The van der Waals surface area contributed by atoms with E-state index in [1.165, 1.54) is 11.5 Å². The van der Waals surface area contributed by atoms with Gasteiger partial charge in [-0.05, 0) is 57.0 Å². The number of aliphatic hydroxyl groups is 1. The summed E-state index contributed by atoms with van der Waals surface area (Å²) in [5.74, 6) is 1.75. The molecule has 1 heterocycles. The highest BCUT2D eigenvalue weighted by Gasteiger charge is 2.20. The van der Waals surface area contributed by atoms with Crippen LogP contribution in [0.3, 0.4) is 0 Å². The highest BCUT2D eigenvalue weighted by Crippen LogP contribution is 2.36. The third-order valence-corrected chi connectivity index (χ3v) is 4.20. The van der Waals surface area contributed by atoms with Crippen LogP contribution in [0.2, 0.25) is 0 Å². The minimum atomic E-state index is -0.102. The molecule has 0 aromatic carbocycles. The summed E-state index contributed by atoms with van der Waals surface area (Å²) in [4.78, 5) is 0. The predicted molar refractivity (Wildman–Crippen MR) is 78.7 cm³/mol. The molecule has 1 fully saturated rings. The molecule has 2 rings (SSSR count). The summed E-state index contributed by atoms with van der Waals surface area (Å²) in [7, 11) is 0. The SMILES string of the molecule is CC(C)Oc1c(N)nsc1NCC1CCC(O)CC1. The third-order valence-electron chi connectivity index (χ3n) is 3.40. The predicted octanol–water partition coefficient (Wildman–Crippen LogP) is 2.48. The molecule has 6 heteroatoms. The topological polar surface area (TPSA) is 80.4 Å². The molecule has 0 atom stereocenters. The summed E-state index contributed by atoms with van der Waals surface area (Å²) < 4.78 is 9.83. The normalized spacial score (nSPS) is 23.6. The molecule has 1 aromatic rings. The Morgan fingerprint density at radius 3 is 2.74 bits per heavy atom. The quantitative estimate of drug-likeness (QED) is 0.774. The largest absolute Gasteiger partial charge is 0.484 e. The maximum Gasteiger partial charge on any atom is 0.197 e. The number of anilines is 2. The Balaban J connectivity index is 1.89. The highest BCUT2D eigenvalue weighted by molar-refractivity contribution is 7.11. The number of nitrogen functional groups attached to an aromatic ring is 1. The van der Waals surface area contributed by atoms with E-state index in [9.17, 15) is 5.11 Å². The second-order valence-corrected chi connectivity index (χ2v) is 6.22. The lowest BCUT2D eigenvalue weighted by atomic mass is 9.87. The van der Waals surface area contributed by atoms with Crippen molar-refractivity contribution in [3.05, 3.63) is 0 Å². The number of nitrogens with one attached hydrogen (secondary N) is 1. The van der Waals surface area contributed by atoms with Crippen molar-refractivity contribution >= 4 is 22.4 Å². The van der Waals surface area contributed by atoms with Gasteiger partial charge >= 0.3 is 0 Å². The van der Waals surface area contributed by atoms with Crippen LogP contribution in [-0.4, -0.2) is 28.2 Å². The van der Waals surface area contributed by atoms with E-state index in [-0.39, 0.29) is 12.2 Å². The molecule has 0 bridgehead atoms. The minimum absolute atomic E-state index is 0.0871. The molecule has 0 saturated heterocycles. The van der Waals surface area contributed by atoms with E-state index in [1.54, 1.807) is 0 Å². The maximum absolute atomic E-state index is 9.49. The molecule has 108 valence electrons. The first-order valence-electron chi connectivity index (χ1n) is 6.90. The number of hydrogen-bond acceptors (Lipinski definition) is 6. The molecule has 0 radical (unpaired) electrons. The molecule has 0 unspecified atom stereocenters. The maximum atomic E-state index is 9.49. The molecule has 0 aliphatic heterocycles. The zero-order valence-corrected chi connectivity index (χ0v) is 12.4. The van der Waals surface area contributed by atoms with Gasteiger partial charge in [-0.15, -0.1) is 0 Å². The summed E-state index contributed by atoms with van der Waals surface area (Å²) in [6, 6.07) is 0. The number of ether oxygens (including phenoxy) is 1. The van der Waals surface area contributed by atoms with Crippen LogP contribution in [0.25, 0.3) is 0 Å². The first-order chi connectivity index (χ1) is 9.06. The van der Waals surface area contributed by atoms with Crippen LogP contribution in [0.15, 0.2) is 0 Å². The molecular formula is C13H23N3O2S. The van der Waals surface area contributed by atoms with E-state index in [0.29, 0.717) is 17.5 Å². The lowest BCUT2D eigenvalue weighted by molar-refractivity contribution is 0.111. The van der Waals surface area contributed by atoms with E-state index in [1.807, 2.05) is 13.8 Å². The first kappa shape index (κ1) is 14.4. The molecule has 1 aliphatic rings. The van der Waals surface area contributed by atoms with Crippen LogP contribution in [0.1, 0.15) is 39.5 Å². The molecule has 0 amide bonds. The zero-order valence-electron chi connectivity index (χ0n) is 11.6. The Morgan fingerprint density at radius 1 is 1.42 bits per heavy atom. The van der Waals surface area contributed by atoms with Gasteiger partial charge in [-0.25, -0.2) is 0 Å². The van der Waals surface area contributed by atoms with E-state index in [4.69, 9.17) is 10.5 Å². The lowest BCUT2D eigenvalue weighted by Gasteiger charge is -2.25. The Kier molecular flexibility index (Phi) is 4.87. The van der Waals surface area contributed by atoms with Crippen LogP contribution in [-0.2, 0) is 0 Å². The van der Waals surface area contributed by atoms with Gasteiger partial charge in [-0.2, -0.15) is 4.37 Å². The number of nitrogens with two attached hydrogens (primary N) is 1. The Hall–Kier alpha value is -1.01. The Labute approximate surface area is 118 Å². The summed E-state index contributed by atoms with van der Waals surface area (Å²) in [5, 5.41) is 13.8. The highest BCUT2D eigenvalue weighted by atomic mass is 32.1. The molecule has 19 heavy (non-hydrogen) atoms. The van der Waals surface area contributed by atoms with Crippen molar-refractivity contribution in [1.29, 1.82) is 0 Å². The van der Waals surface area contributed by atoms with Crippen LogP contribution >= 0.6 is 11.5 Å². The summed E-state index contributed by atoms with van der Waals surface area (Å²) in [6.45, 7) is 4.84. The van der Waals surface area contributed by atoms with Gasteiger partial charge in [0.25, 0.3) is 0 Å². The minimum Gasteiger partial charge on any atom is -0.484 e. The number of nitrogens with zero attached hydrogens (tertiary/aromatic N) is 1. The van der Waals surface area contributed by atoms with Gasteiger partial charge in [0.15, 0.2) is 16.6 Å². The number of aliphatic hydroxyl groups excluding tert-OH is 1. The van der Waals surface area contributed by atoms with Crippen LogP contribution < -0.4 is 15.8 Å². The molecule has 1 saturated carbocycles. The van der Waals surface area contributed by atoms with Crippen molar-refractivity contribution in [2.45, 2.75) is 51.7 Å². The molecule has 1 aromatic heterocycles. The van der Waals surface area contributed by atoms with Crippen LogP contribution in [0.5, 0.6) is 5.75 Å². The lowest BCUT2D eigenvalue weighted by Crippen LogP contribution is -2.23. The molecule has 0 spiro atoms. The van der Waals surface area contributed by atoms with Crippen LogP contribution in [0, 0.1) is 5.92 Å². The van der Waals surface area contributed by atoms with Crippen molar-refractivity contribution in [3.8, 4) is 5.75 Å². The number of hydrogen-bond donors (Lipinski definition) is 3. The fraction of sp³-hybridized carbons (Fsp3) is 0.769. The van der Waals surface area contributed by atoms with Gasteiger partial charge in [-0.3, -0.25) is 0 Å². The molecule has 1 aliphatic carbocycles. The van der Waals surface area contributed by atoms with E-state index in [2.05, 4.69) is 9.69 Å². The fourth-order valence-electron chi connectivity index (χ4n) is 2.34. The van der Waals surface area contributed by atoms with Crippen molar-refractivity contribution < 1.29 is 9.84 Å². The second kappa shape index (κ2) is 6.43. The van der Waals surface area contributed by atoms with Gasteiger partial charge in [0.2, 0.25) is 0 Å².